The van der Waals surface area contributed by atoms with Gasteiger partial charge in [-0.1, -0.05) is 187 Å². The van der Waals surface area contributed by atoms with Gasteiger partial charge in [0.1, 0.15) is 22.6 Å². The fourth-order valence-electron chi connectivity index (χ4n) is 7.64. The van der Waals surface area contributed by atoms with Crippen molar-refractivity contribution < 1.29 is 14.7 Å². The predicted octanol–water partition coefficient (Wildman–Crippen LogP) is 9.90. The zero-order chi connectivity index (χ0) is 39.1. The number of thiazole rings is 1. The molecule has 0 bridgehead atoms. The first-order valence-corrected chi connectivity index (χ1v) is 19.4. The van der Waals surface area contributed by atoms with Gasteiger partial charge in [0, 0.05) is 11.6 Å². The van der Waals surface area contributed by atoms with Crippen molar-refractivity contribution in [3.05, 3.63) is 244 Å². The number of rotatable bonds is 14. The highest BCUT2D eigenvalue weighted by atomic mass is 32.1. The Hall–Kier alpha value is -7.10. The van der Waals surface area contributed by atoms with Crippen LogP contribution >= 0.6 is 11.3 Å². The predicted molar refractivity (Wildman–Crippen MR) is 225 cm³/mol. The molecule has 0 spiro atoms. The number of imidazole rings is 1. The van der Waals surface area contributed by atoms with Crippen molar-refractivity contribution in [1.82, 2.24) is 14.5 Å². The second-order valence-electron chi connectivity index (χ2n) is 13.5. The first-order valence-electron chi connectivity index (χ1n) is 18.6. The van der Waals surface area contributed by atoms with Gasteiger partial charge < -0.3 is 19.8 Å². The van der Waals surface area contributed by atoms with Gasteiger partial charge in [0.25, 0.3) is 0 Å². The SMILES string of the molecule is Cc1nc(CON=C(C(=O)O)c2csc(NC(c3ccccc3)(c3ccccc3)c3ccccc3)n2)cn1C(c1ccccc1)(c1ccccc1)c1ccccc1. The molecule has 8 aromatic rings. The number of aromatic nitrogens is 3. The van der Waals surface area contributed by atoms with E-state index in [4.69, 9.17) is 14.8 Å². The molecular formula is C48H39N5O3S. The number of carbonyl (C=O) groups is 1. The highest BCUT2D eigenvalue weighted by Gasteiger charge is 2.40. The number of carboxylic acids is 1. The molecule has 8 nitrogen and oxygen atoms in total. The van der Waals surface area contributed by atoms with Crippen molar-refractivity contribution in [2.24, 2.45) is 5.16 Å². The van der Waals surface area contributed by atoms with Crippen LogP contribution in [0.3, 0.4) is 0 Å². The zero-order valence-corrected chi connectivity index (χ0v) is 32.0. The summed E-state index contributed by atoms with van der Waals surface area (Å²) in [5.74, 6) is -0.508. The van der Waals surface area contributed by atoms with Crippen LogP contribution in [-0.2, 0) is 27.3 Å². The van der Waals surface area contributed by atoms with E-state index >= 15 is 0 Å². The zero-order valence-electron chi connectivity index (χ0n) is 31.1. The molecule has 0 saturated carbocycles. The normalized spacial score (nSPS) is 11.9. The van der Waals surface area contributed by atoms with E-state index in [1.54, 1.807) is 5.38 Å². The lowest BCUT2D eigenvalue weighted by Crippen LogP contribution is -2.38. The molecule has 2 N–H and O–H groups in total. The maximum absolute atomic E-state index is 12.7. The Morgan fingerprint density at radius 1 is 0.649 bits per heavy atom. The fraction of sp³-hybridized carbons (Fsp3) is 0.0833. The van der Waals surface area contributed by atoms with E-state index in [1.165, 1.54) is 11.3 Å². The van der Waals surface area contributed by atoms with Crippen LogP contribution in [0.5, 0.6) is 0 Å². The number of hydrogen-bond donors (Lipinski definition) is 2. The van der Waals surface area contributed by atoms with E-state index in [2.05, 4.69) is 87.8 Å². The van der Waals surface area contributed by atoms with E-state index in [0.29, 0.717) is 10.8 Å². The first kappa shape index (κ1) is 36.9. The molecule has 0 fully saturated rings. The second kappa shape index (κ2) is 16.3. The number of aryl methyl sites for hydroxylation is 1. The van der Waals surface area contributed by atoms with Gasteiger partial charge in [0.05, 0.1) is 5.69 Å². The summed E-state index contributed by atoms with van der Waals surface area (Å²) in [5, 5.41) is 20.4. The minimum absolute atomic E-state index is 0.0621. The van der Waals surface area contributed by atoms with Gasteiger partial charge in [0.2, 0.25) is 5.71 Å². The summed E-state index contributed by atoms with van der Waals surface area (Å²) in [6.45, 7) is 1.90. The maximum atomic E-state index is 12.7. The van der Waals surface area contributed by atoms with Gasteiger partial charge in [-0.3, -0.25) is 0 Å². The van der Waals surface area contributed by atoms with Crippen molar-refractivity contribution >= 4 is 28.1 Å². The maximum Gasteiger partial charge on any atom is 0.360 e. The number of hydrogen-bond acceptors (Lipinski definition) is 7. The summed E-state index contributed by atoms with van der Waals surface area (Å²) in [7, 11) is 0. The number of benzene rings is 6. The molecule has 2 heterocycles. The van der Waals surface area contributed by atoms with Crippen LogP contribution in [0.4, 0.5) is 5.13 Å². The highest BCUT2D eigenvalue weighted by molar-refractivity contribution is 7.14. The molecule has 280 valence electrons. The molecule has 0 atom stereocenters. The Morgan fingerprint density at radius 3 is 1.46 bits per heavy atom. The molecule has 0 aliphatic rings. The Bertz CT molecular complexity index is 2390. The largest absolute Gasteiger partial charge is 0.476 e. The quantitative estimate of drug-likeness (QED) is 0.0650. The third-order valence-electron chi connectivity index (χ3n) is 10.1. The molecule has 6 aromatic carbocycles. The summed E-state index contributed by atoms with van der Waals surface area (Å²) in [6.07, 6.45) is 1.96. The Morgan fingerprint density at radius 2 is 1.05 bits per heavy atom. The highest BCUT2D eigenvalue weighted by Crippen LogP contribution is 2.43. The molecule has 0 aliphatic heterocycles. The van der Waals surface area contributed by atoms with Crippen molar-refractivity contribution in [3.63, 3.8) is 0 Å². The smallest absolute Gasteiger partial charge is 0.360 e. The van der Waals surface area contributed by atoms with Gasteiger partial charge in [-0.2, -0.15) is 0 Å². The first-order chi connectivity index (χ1) is 28.0. The minimum Gasteiger partial charge on any atom is -0.476 e. The topological polar surface area (TPSA) is 102 Å². The lowest BCUT2D eigenvalue weighted by molar-refractivity contribution is -0.129. The summed E-state index contributed by atoms with van der Waals surface area (Å²) in [5.41, 5.74) is 5.05. The van der Waals surface area contributed by atoms with Crippen molar-refractivity contribution in [2.75, 3.05) is 5.32 Å². The summed E-state index contributed by atoms with van der Waals surface area (Å²) in [4.78, 5) is 28.1. The molecule has 0 radical (unpaired) electrons. The Labute approximate surface area is 335 Å². The lowest BCUT2D eigenvalue weighted by atomic mass is 9.76. The number of anilines is 1. The van der Waals surface area contributed by atoms with E-state index in [9.17, 15) is 9.90 Å². The van der Waals surface area contributed by atoms with Crippen LogP contribution < -0.4 is 5.32 Å². The fourth-order valence-corrected chi connectivity index (χ4v) is 8.39. The molecule has 0 unspecified atom stereocenters. The number of nitrogens with zero attached hydrogens (tertiary/aromatic N) is 4. The van der Waals surface area contributed by atoms with E-state index < -0.39 is 17.0 Å². The van der Waals surface area contributed by atoms with Crippen molar-refractivity contribution in [1.29, 1.82) is 0 Å². The number of aliphatic carboxylic acids is 1. The summed E-state index contributed by atoms with van der Waals surface area (Å²) < 4.78 is 2.16. The number of oxime groups is 1. The van der Waals surface area contributed by atoms with Gasteiger partial charge >= 0.3 is 5.97 Å². The molecule has 9 heteroatoms. The molecule has 8 rings (SSSR count). The lowest BCUT2D eigenvalue weighted by Gasteiger charge is -2.38. The van der Waals surface area contributed by atoms with Crippen LogP contribution in [0.1, 0.15) is 50.6 Å². The van der Waals surface area contributed by atoms with Crippen LogP contribution in [0.2, 0.25) is 0 Å². The summed E-state index contributed by atoms with van der Waals surface area (Å²) in [6, 6.07) is 61.5. The third kappa shape index (κ3) is 7.12. The molecule has 2 aromatic heterocycles. The third-order valence-corrected chi connectivity index (χ3v) is 10.9. The second-order valence-corrected chi connectivity index (χ2v) is 14.3. The van der Waals surface area contributed by atoms with Gasteiger partial charge in [0.15, 0.2) is 11.7 Å². The van der Waals surface area contributed by atoms with Crippen LogP contribution in [-0.4, -0.2) is 31.3 Å². The molecule has 0 amide bonds. The summed E-state index contributed by atoms with van der Waals surface area (Å²) >= 11 is 1.30. The minimum atomic E-state index is -1.26. The average Bonchev–Trinajstić information content (AvgIpc) is 3.89. The van der Waals surface area contributed by atoms with Crippen LogP contribution in [0.15, 0.2) is 199 Å². The van der Waals surface area contributed by atoms with Crippen LogP contribution in [0, 0.1) is 6.92 Å². The van der Waals surface area contributed by atoms with Gasteiger partial charge in [-0.25, -0.2) is 14.8 Å². The molecule has 0 aliphatic carbocycles. The number of nitrogens with one attached hydrogen (secondary N) is 1. The van der Waals surface area contributed by atoms with Crippen molar-refractivity contribution in [3.8, 4) is 0 Å². The van der Waals surface area contributed by atoms with E-state index in [-0.39, 0.29) is 18.0 Å². The van der Waals surface area contributed by atoms with Gasteiger partial charge in [-0.15, -0.1) is 11.3 Å². The monoisotopic (exact) mass is 765 g/mol. The van der Waals surface area contributed by atoms with Crippen LogP contribution in [0.25, 0.3) is 0 Å². The van der Waals surface area contributed by atoms with E-state index in [0.717, 1.165) is 39.2 Å². The number of carboxylic acid groups (broad SMARTS) is 1. The molecule has 0 saturated heterocycles. The van der Waals surface area contributed by atoms with E-state index in [1.807, 2.05) is 122 Å². The van der Waals surface area contributed by atoms with Crippen molar-refractivity contribution in [2.45, 2.75) is 24.6 Å². The Kier molecular flexibility index (Phi) is 10.6. The molecular weight excluding hydrogens is 727 g/mol. The Balaban J connectivity index is 1.12. The van der Waals surface area contributed by atoms with Gasteiger partial charge in [-0.05, 0) is 40.3 Å². The molecule has 57 heavy (non-hydrogen) atoms. The standard InChI is InChI=1S/C48H39N5O3S/c1-35-49-42(32-53(35)48(39-26-14-5-15-27-39,40-28-16-6-17-29-40)41-30-18-7-19-31-41)33-56-52-44(45(54)55)43-34-57-46(50-43)51-47(36-20-8-2-9-21-36,37-22-10-3-11-23-37)38-24-12-4-13-25-38/h2-32,34H,33H2,1H3,(H,50,51)(H,54,55). The average molecular weight is 766 g/mol.